The Morgan fingerprint density at radius 1 is 1.16 bits per heavy atom. The molecule has 0 atom stereocenters. The molecule has 2 rings (SSSR count). The summed E-state index contributed by atoms with van der Waals surface area (Å²) in [4.78, 5) is 0. The van der Waals surface area contributed by atoms with Crippen LogP contribution in [0.25, 0.3) is 11.1 Å². The quantitative estimate of drug-likeness (QED) is 0.907. The molecule has 2 N–H and O–H groups in total. The van der Waals surface area contributed by atoms with E-state index in [1.165, 1.54) is 6.07 Å². The Balaban J connectivity index is 2.41. The largest absolute Gasteiger partial charge is 0.491 e. The summed E-state index contributed by atoms with van der Waals surface area (Å²) >= 11 is 0. The third-order valence-electron chi connectivity index (χ3n) is 2.78. The topological polar surface area (TPSA) is 35.2 Å². The van der Waals surface area contributed by atoms with E-state index in [4.69, 9.17) is 10.5 Å². The molecule has 0 heterocycles. The third-order valence-corrected chi connectivity index (χ3v) is 2.78. The molecule has 19 heavy (non-hydrogen) atoms. The zero-order chi connectivity index (χ0) is 13.8. The van der Waals surface area contributed by atoms with Crippen LogP contribution < -0.4 is 10.5 Å². The number of nitrogens with two attached hydrogens (primary N) is 1. The summed E-state index contributed by atoms with van der Waals surface area (Å²) in [6.07, 6.45) is 0.0930. The Morgan fingerprint density at radius 2 is 1.95 bits per heavy atom. The van der Waals surface area contributed by atoms with E-state index in [9.17, 15) is 4.39 Å². The van der Waals surface area contributed by atoms with Gasteiger partial charge in [0.1, 0.15) is 11.6 Å². The van der Waals surface area contributed by atoms with Crippen molar-refractivity contribution in [3.63, 3.8) is 0 Å². The standard InChI is InChI=1S/C16H18FNO/c1-11(2)19-14-5-3-4-13(9-14)15-8-12(10-18)6-7-16(15)17/h3-9,11H,10,18H2,1-2H3. The van der Waals surface area contributed by atoms with Gasteiger partial charge in [0.15, 0.2) is 0 Å². The second kappa shape index (κ2) is 5.85. The van der Waals surface area contributed by atoms with Gasteiger partial charge in [-0.05, 0) is 49.2 Å². The van der Waals surface area contributed by atoms with Gasteiger partial charge in [-0.2, -0.15) is 0 Å². The summed E-state index contributed by atoms with van der Waals surface area (Å²) in [7, 11) is 0. The fourth-order valence-corrected chi connectivity index (χ4v) is 1.93. The predicted molar refractivity (Wildman–Crippen MR) is 75.5 cm³/mol. The number of hydrogen-bond donors (Lipinski definition) is 1. The highest BCUT2D eigenvalue weighted by molar-refractivity contribution is 5.66. The van der Waals surface area contributed by atoms with Crippen molar-refractivity contribution in [1.29, 1.82) is 0 Å². The monoisotopic (exact) mass is 259 g/mol. The van der Waals surface area contributed by atoms with Gasteiger partial charge >= 0.3 is 0 Å². The van der Waals surface area contributed by atoms with Gasteiger partial charge in [-0.25, -0.2) is 4.39 Å². The first-order chi connectivity index (χ1) is 9.10. The Labute approximate surface area is 113 Å². The van der Waals surface area contributed by atoms with Crippen LogP contribution in [0.4, 0.5) is 4.39 Å². The van der Waals surface area contributed by atoms with Gasteiger partial charge in [-0.1, -0.05) is 18.2 Å². The maximum absolute atomic E-state index is 13.9. The number of hydrogen-bond acceptors (Lipinski definition) is 2. The lowest BCUT2D eigenvalue weighted by molar-refractivity contribution is 0.242. The molecule has 0 bridgehead atoms. The maximum atomic E-state index is 13.9. The van der Waals surface area contributed by atoms with E-state index in [0.717, 1.165) is 16.9 Å². The number of ether oxygens (including phenoxy) is 1. The fraction of sp³-hybridized carbons (Fsp3) is 0.250. The molecule has 0 spiro atoms. The molecule has 0 aromatic heterocycles. The van der Waals surface area contributed by atoms with E-state index < -0.39 is 0 Å². The molecule has 0 saturated heterocycles. The van der Waals surface area contributed by atoms with Crippen LogP contribution in [-0.4, -0.2) is 6.10 Å². The van der Waals surface area contributed by atoms with Crippen molar-refractivity contribution in [2.24, 2.45) is 5.73 Å². The van der Waals surface area contributed by atoms with Crippen LogP contribution in [0.5, 0.6) is 5.75 Å². The van der Waals surface area contributed by atoms with Crippen LogP contribution in [0.15, 0.2) is 42.5 Å². The van der Waals surface area contributed by atoms with E-state index in [1.807, 2.05) is 38.1 Å². The van der Waals surface area contributed by atoms with Gasteiger partial charge in [0.05, 0.1) is 6.10 Å². The van der Waals surface area contributed by atoms with Crippen molar-refractivity contribution in [3.05, 3.63) is 53.8 Å². The Kier molecular flexibility index (Phi) is 4.17. The van der Waals surface area contributed by atoms with Gasteiger partial charge in [-0.3, -0.25) is 0 Å². The number of rotatable bonds is 4. The van der Waals surface area contributed by atoms with Crippen molar-refractivity contribution in [2.75, 3.05) is 0 Å². The van der Waals surface area contributed by atoms with Crippen LogP contribution in [0, 0.1) is 5.82 Å². The van der Waals surface area contributed by atoms with Crippen molar-refractivity contribution < 1.29 is 9.13 Å². The van der Waals surface area contributed by atoms with E-state index in [2.05, 4.69) is 0 Å². The summed E-state index contributed by atoms with van der Waals surface area (Å²) in [6.45, 7) is 4.32. The Bertz CT molecular complexity index is 566. The molecule has 0 saturated carbocycles. The summed E-state index contributed by atoms with van der Waals surface area (Å²) in [5, 5.41) is 0. The zero-order valence-corrected chi connectivity index (χ0v) is 11.2. The highest BCUT2D eigenvalue weighted by Gasteiger charge is 2.07. The predicted octanol–water partition coefficient (Wildman–Crippen LogP) is 3.74. The van der Waals surface area contributed by atoms with E-state index in [0.29, 0.717) is 12.1 Å². The first kappa shape index (κ1) is 13.6. The SMILES string of the molecule is CC(C)Oc1cccc(-c2cc(CN)ccc2F)c1. The van der Waals surface area contributed by atoms with Crippen LogP contribution in [0.2, 0.25) is 0 Å². The molecule has 0 aliphatic rings. The highest BCUT2D eigenvalue weighted by Crippen LogP contribution is 2.27. The molecule has 2 aromatic carbocycles. The summed E-state index contributed by atoms with van der Waals surface area (Å²) in [6, 6.07) is 12.4. The summed E-state index contributed by atoms with van der Waals surface area (Å²) in [5.74, 6) is 0.490. The minimum Gasteiger partial charge on any atom is -0.491 e. The second-order valence-electron chi connectivity index (χ2n) is 4.71. The third kappa shape index (κ3) is 3.32. The average Bonchev–Trinajstić information content (AvgIpc) is 2.39. The van der Waals surface area contributed by atoms with Crippen LogP contribution in [-0.2, 0) is 6.54 Å². The summed E-state index contributed by atoms with van der Waals surface area (Å²) in [5.41, 5.74) is 7.85. The molecule has 3 heteroatoms. The average molecular weight is 259 g/mol. The van der Waals surface area contributed by atoms with Crippen LogP contribution >= 0.6 is 0 Å². The highest BCUT2D eigenvalue weighted by atomic mass is 19.1. The van der Waals surface area contributed by atoms with Crippen LogP contribution in [0.3, 0.4) is 0 Å². The molecule has 0 radical (unpaired) electrons. The molecule has 2 nitrogen and oxygen atoms in total. The normalized spacial score (nSPS) is 10.8. The second-order valence-corrected chi connectivity index (χ2v) is 4.71. The Morgan fingerprint density at radius 3 is 2.63 bits per heavy atom. The Hall–Kier alpha value is -1.87. The molecule has 0 unspecified atom stereocenters. The van der Waals surface area contributed by atoms with Gasteiger partial charge in [0.2, 0.25) is 0 Å². The fourth-order valence-electron chi connectivity index (χ4n) is 1.93. The van der Waals surface area contributed by atoms with Gasteiger partial charge in [-0.15, -0.1) is 0 Å². The lowest BCUT2D eigenvalue weighted by atomic mass is 10.0. The smallest absolute Gasteiger partial charge is 0.131 e. The molecule has 0 fully saturated rings. The molecular formula is C16H18FNO. The van der Waals surface area contributed by atoms with Crippen molar-refractivity contribution in [2.45, 2.75) is 26.5 Å². The maximum Gasteiger partial charge on any atom is 0.131 e. The van der Waals surface area contributed by atoms with Gasteiger partial charge in [0, 0.05) is 12.1 Å². The van der Waals surface area contributed by atoms with Crippen molar-refractivity contribution >= 4 is 0 Å². The molecule has 0 aliphatic carbocycles. The number of benzene rings is 2. The van der Waals surface area contributed by atoms with Crippen LogP contribution in [0.1, 0.15) is 19.4 Å². The minimum atomic E-state index is -0.251. The molecule has 0 aliphatic heterocycles. The number of halogens is 1. The van der Waals surface area contributed by atoms with E-state index >= 15 is 0 Å². The summed E-state index contributed by atoms with van der Waals surface area (Å²) < 4.78 is 19.5. The molecular weight excluding hydrogens is 241 g/mol. The first-order valence-corrected chi connectivity index (χ1v) is 6.35. The van der Waals surface area contributed by atoms with Crippen molar-refractivity contribution in [3.8, 4) is 16.9 Å². The minimum absolute atomic E-state index is 0.0930. The van der Waals surface area contributed by atoms with E-state index in [-0.39, 0.29) is 11.9 Å². The lowest BCUT2D eigenvalue weighted by Crippen LogP contribution is -2.05. The molecule has 2 aromatic rings. The zero-order valence-electron chi connectivity index (χ0n) is 11.2. The van der Waals surface area contributed by atoms with Gasteiger partial charge < -0.3 is 10.5 Å². The van der Waals surface area contributed by atoms with Crippen molar-refractivity contribution in [1.82, 2.24) is 0 Å². The molecule has 100 valence electrons. The van der Waals surface area contributed by atoms with E-state index in [1.54, 1.807) is 12.1 Å². The molecule has 0 amide bonds. The lowest BCUT2D eigenvalue weighted by Gasteiger charge is -2.12. The van der Waals surface area contributed by atoms with Gasteiger partial charge in [0.25, 0.3) is 0 Å². The first-order valence-electron chi connectivity index (χ1n) is 6.35.